The van der Waals surface area contributed by atoms with E-state index < -0.39 is 17.6 Å². The van der Waals surface area contributed by atoms with Crippen LogP contribution < -0.4 is 16.2 Å². The Labute approximate surface area is 88.8 Å². The number of carbonyl (C=O) groups is 1. The van der Waals surface area contributed by atoms with E-state index in [-0.39, 0.29) is 12.2 Å². The van der Waals surface area contributed by atoms with Crippen molar-refractivity contribution in [2.24, 2.45) is 5.84 Å². The fraction of sp³-hybridized carbons (Fsp3) is 0.222. The number of halogens is 3. The summed E-state index contributed by atoms with van der Waals surface area (Å²) in [6.07, 6.45) is -4.43. The van der Waals surface area contributed by atoms with Crippen molar-refractivity contribution in [3.63, 3.8) is 0 Å². The molecule has 4 nitrogen and oxygen atoms in total. The number of alkyl halides is 3. The number of nitrogens with one attached hydrogen (secondary N) is 1. The Morgan fingerprint density at radius 2 is 2.06 bits per heavy atom. The van der Waals surface area contributed by atoms with Gasteiger partial charge in [0.2, 0.25) is 5.91 Å². The molecule has 2 rings (SSSR count). The lowest BCUT2D eigenvalue weighted by Crippen LogP contribution is -2.42. The molecule has 16 heavy (non-hydrogen) atoms. The zero-order chi connectivity index (χ0) is 11.9. The number of amides is 1. The third-order valence-electron chi connectivity index (χ3n) is 2.22. The Kier molecular flexibility index (Phi) is 2.27. The van der Waals surface area contributed by atoms with Crippen LogP contribution in [0.4, 0.5) is 24.5 Å². The Hall–Kier alpha value is -1.76. The second-order valence-corrected chi connectivity index (χ2v) is 3.41. The molecule has 0 aliphatic carbocycles. The van der Waals surface area contributed by atoms with Gasteiger partial charge in [0.1, 0.15) is 6.54 Å². The standard InChI is InChI=1S/C9H8F3N3O/c10-9(11,12)5-1-2-7-6(3-5)14-8(16)4-15(7)13/h1-3H,4,13H2,(H,14,16). The van der Waals surface area contributed by atoms with Crippen molar-refractivity contribution >= 4 is 17.3 Å². The SMILES string of the molecule is NN1CC(=O)Nc2cc(C(F)(F)F)ccc21. The highest BCUT2D eigenvalue weighted by molar-refractivity contribution is 6.00. The summed E-state index contributed by atoms with van der Waals surface area (Å²) in [5.41, 5.74) is -0.372. The zero-order valence-corrected chi connectivity index (χ0v) is 8.01. The summed E-state index contributed by atoms with van der Waals surface area (Å²) in [4.78, 5) is 11.1. The predicted octanol–water partition coefficient (Wildman–Crippen LogP) is 1.34. The number of benzene rings is 1. The first-order valence-electron chi connectivity index (χ1n) is 4.41. The van der Waals surface area contributed by atoms with Gasteiger partial charge in [-0.05, 0) is 18.2 Å². The van der Waals surface area contributed by atoms with Gasteiger partial charge in [0.15, 0.2) is 0 Å². The molecule has 0 bridgehead atoms. The third kappa shape index (κ3) is 1.81. The van der Waals surface area contributed by atoms with E-state index in [1.165, 1.54) is 6.07 Å². The van der Waals surface area contributed by atoms with E-state index in [4.69, 9.17) is 5.84 Å². The minimum atomic E-state index is -4.43. The summed E-state index contributed by atoms with van der Waals surface area (Å²) in [6, 6.07) is 3.03. The van der Waals surface area contributed by atoms with Crippen LogP contribution in [0.2, 0.25) is 0 Å². The lowest BCUT2D eigenvalue weighted by Gasteiger charge is -2.27. The van der Waals surface area contributed by atoms with Crippen LogP contribution in [0.3, 0.4) is 0 Å². The number of fused-ring (bicyclic) bond motifs is 1. The molecule has 7 heteroatoms. The van der Waals surface area contributed by atoms with Gasteiger partial charge in [-0.25, -0.2) is 5.84 Å². The van der Waals surface area contributed by atoms with Crippen molar-refractivity contribution in [1.82, 2.24) is 0 Å². The smallest absolute Gasteiger partial charge is 0.323 e. The van der Waals surface area contributed by atoms with Crippen molar-refractivity contribution in [1.29, 1.82) is 0 Å². The Balaban J connectivity index is 2.46. The monoisotopic (exact) mass is 231 g/mol. The van der Waals surface area contributed by atoms with E-state index in [2.05, 4.69) is 5.32 Å². The molecule has 86 valence electrons. The number of hydrazine groups is 1. The zero-order valence-electron chi connectivity index (χ0n) is 8.01. The number of hydrogen-bond acceptors (Lipinski definition) is 3. The van der Waals surface area contributed by atoms with Crippen LogP contribution in [-0.2, 0) is 11.0 Å². The molecule has 1 amide bonds. The molecule has 0 saturated heterocycles. The van der Waals surface area contributed by atoms with E-state index >= 15 is 0 Å². The molecular weight excluding hydrogens is 223 g/mol. The average Bonchev–Trinajstić information content (AvgIpc) is 2.15. The molecule has 1 aromatic carbocycles. The summed E-state index contributed by atoms with van der Waals surface area (Å²) in [7, 11) is 0. The van der Waals surface area contributed by atoms with E-state index in [1.807, 2.05) is 0 Å². The first-order valence-corrected chi connectivity index (χ1v) is 4.41. The lowest BCUT2D eigenvalue weighted by molar-refractivity contribution is -0.137. The number of nitrogens with two attached hydrogens (primary N) is 1. The normalized spacial score (nSPS) is 15.8. The molecule has 3 N–H and O–H groups in total. The predicted molar refractivity (Wildman–Crippen MR) is 51.6 cm³/mol. The number of rotatable bonds is 0. The van der Waals surface area contributed by atoms with E-state index in [1.54, 1.807) is 0 Å². The quantitative estimate of drug-likeness (QED) is 0.662. The first kappa shape index (κ1) is 10.7. The second-order valence-electron chi connectivity index (χ2n) is 3.41. The van der Waals surface area contributed by atoms with Crippen LogP contribution >= 0.6 is 0 Å². The Morgan fingerprint density at radius 3 is 2.69 bits per heavy atom. The summed E-state index contributed by atoms with van der Waals surface area (Å²) in [6.45, 7) is -0.0711. The van der Waals surface area contributed by atoms with Gasteiger partial charge in [-0.1, -0.05) is 0 Å². The minimum absolute atomic E-state index is 0.0711. The number of nitrogens with zero attached hydrogens (tertiary/aromatic N) is 1. The summed E-state index contributed by atoms with van der Waals surface area (Å²) < 4.78 is 37.2. The molecular formula is C9H8F3N3O. The van der Waals surface area contributed by atoms with Gasteiger partial charge in [0.25, 0.3) is 0 Å². The maximum absolute atomic E-state index is 12.4. The Morgan fingerprint density at radius 1 is 1.38 bits per heavy atom. The van der Waals surface area contributed by atoms with Crippen molar-refractivity contribution in [3.8, 4) is 0 Å². The summed E-state index contributed by atoms with van der Waals surface area (Å²) in [5.74, 6) is 5.05. The van der Waals surface area contributed by atoms with Crippen molar-refractivity contribution in [3.05, 3.63) is 23.8 Å². The van der Waals surface area contributed by atoms with Gasteiger partial charge >= 0.3 is 6.18 Å². The fourth-order valence-corrected chi connectivity index (χ4v) is 1.49. The lowest BCUT2D eigenvalue weighted by atomic mass is 10.1. The fourth-order valence-electron chi connectivity index (χ4n) is 1.49. The molecule has 1 heterocycles. The van der Waals surface area contributed by atoms with Crippen LogP contribution in [0.5, 0.6) is 0 Å². The molecule has 0 aromatic heterocycles. The molecule has 0 fully saturated rings. The topological polar surface area (TPSA) is 58.4 Å². The first-order chi connectivity index (χ1) is 7.38. The maximum Gasteiger partial charge on any atom is 0.416 e. The van der Waals surface area contributed by atoms with E-state index in [0.29, 0.717) is 5.69 Å². The van der Waals surface area contributed by atoms with E-state index in [0.717, 1.165) is 17.1 Å². The van der Waals surface area contributed by atoms with Gasteiger partial charge in [-0.15, -0.1) is 0 Å². The number of anilines is 2. The van der Waals surface area contributed by atoms with Gasteiger partial charge < -0.3 is 5.32 Å². The van der Waals surface area contributed by atoms with Crippen LogP contribution in [0.15, 0.2) is 18.2 Å². The highest BCUT2D eigenvalue weighted by Gasteiger charge is 2.32. The third-order valence-corrected chi connectivity index (χ3v) is 2.22. The molecule has 1 aromatic rings. The van der Waals surface area contributed by atoms with Crippen LogP contribution in [0.25, 0.3) is 0 Å². The highest BCUT2D eigenvalue weighted by Crippen LogP contribution is 2.35. The van der Waals surface area contributed by atoms with Crippen LogP contribution in [0.1, 0.15) is 5.56 Å². The maximum atomic E-state index is 12.4. The van der Waals surface area contributed by atoms with Crippen molar-refractivity contribution < 1.29 is 18.0 Å². The van der Waals surface area contributed by atoms with Gasteiger partial charge in [-0.3, -0.25) is 9.80 Å². The largest absolute Gasteiger partial charge is 0.416 e. The van der Waals surface area contributed by atoms with Crippen LogP contribution in [0, 0.1) is 0 Å². The molecule has 0 atom stereocenters. The number of hydrogen-bond donors (Lipinski definition) is 2. The highest BCUT2D eigenvalue weighted by atomic mass is 19.4. The second kappa shape index (κ2) is 3.38. The molecule has 0 saturated carbocycles. The van der Waals surface area contributed by atoms with Crippen LogP contribution in [-0.4, -0.2) is 12.5 Å². The Bertz CT molecular complexity index is 444. The number of carbonyl (C=O) groups excluding carboxylic acids is 1. The molecule has 0 unspecified atom stereocenters. The van der Waals surface area contributed by atoms with Crippen molar-refractivity contribution in [2.45, 2.75) is 6.18 Å². The molecule has 1 aliphatic heterocycles. The van der Waals surface area contributed by atoms with Gasteiger partial charge in [-0.2, -0.15) is 13.2 Å². The van der Waals surface area contributed by atoms with E-state index in [9.17, 15) is 18.0 Å². The molecule has 1 aliphatic rings. The van der Waals surface area contributed by atoms with Gasteiger partial charge in [0, 0.05) is 0 Å². The van der Waals surface area contributed by atoms with Gasteiger partial charge in [0.05, 0.1) is 16.9 Å². The summed E-state index contributed by atoms with van der Waals surface area (Å²) in [5, 5.41) is 3.45. The molecule has 0 spiro atoms. The average molecular weight is 231 g/mol. The molecule has 0 radical (unpaired) electrons. The van der Waals surface area contributed by atoms with Crippen molar-refractivity contribution in [2.75, 3.05) is 16.9 Å². The summed E-state index contributed by atoms with van der Waals surface area (Å²) >= 11 is 0. The minimum Gasteiger partial charge on any atom is -0.323 e.